The SMILES string of the molecule is COc1ccc(CCN(C(=O)O)C(C)(C)C)cc1OCc1ccccc1. The minimum absolute atomic E-state index is 0.420. The average molecular weight is 357 g/mol. The summed E-state index contributed by atoms with van der Waals surface area (Å²) in [6.07, 6.45) is -0.304. The van der Waals surface area contributed by atoms with Crippen LogP contribution in [0.2, 0.25) is 0 Å². The van der Waals surface area contributed by atoms with Crippen LogP contribution < -0.4 is 9.47 Å². The van der Waals surface area contributed by atoms with Gasteiger partial charge < -0.3 is 19.5 Å². The lowest BCUT2D eigenvalue weighted by molar-refractivity contribution is 0.101. The molecule has 5 heteroatoms. The van der Waals surface area contributed by atoms with Crippen molar-refractivity contribution in [2.45, 2.75) is 39.3 Å². The van der Waals surface area contributed by atoms with Crippen LogP contribution in [0.15, 0.2) is 48.5 Å². The van der Waals surface area contributed by atoms with E-state index in [2.05, 4.69) is 0 Å². The van der Waals surface area contributed by atoms with Crippen LogP contribution in [0, 0.1) is 0 Å². The molecule has 2 aromatic rings. The van der Waals surface area contributed by atoms with E-state index in [1.54, 1.807) is 7.11 Å². The van der Waals surface area contributed by atoms with Crippen molar-refractivity contribution in [3.63, 3.8) is 0 Å². The maximum Gasteiger partial charge on any atom is 0.407 e. The van der Waals surface area contributed by atoms with Crippen LogP contribution in [0.3, 0.4) is 0 Å². The smallest absolute Gasteiger partial charge is 0.407 e. The molecular formula is C21H27NO4. The number of hydrogen-bond acceptors (Lipinski definition) is 3. The molecule has 2 rings (SSSR count). The molecule has 0 radical (unpaired) electrons. The van der Waals surface area contributed by atoms with Crippen molar-refractivity contribution in [2.24, 2.45) is 0 Å². The normalized spacial score (nSPS) is 11.1. The van der Waals surface area contributed by atoms with Crippen LogP contribution >= 0.6 is 0 Å². The second kappa shape index (κ2) is 8.61. The van der Waals surface area contributed by atoms with Crippen LogP contribution in [0.25, 0.3) is 0 Å². The molecule has 140 valence electrons. The third kappa shape index (κ3) is 5.41. The lowest BCUT2D eigenvalue weighted by Crippen LogP contribution is -2.45. The van der Waals surface area contributed by atoms with Crippen LogP contribution in [0.5, 0.6) is 11.5 Å². The van der Waals surface area contributed by atoms with Crippen molar-refractivity contribution in [3.8, 4) is 11.5 Å². The number of hydrogen-bond donors (Lipinski definition) is 1. The molecule has 0 saturated carbocycles. The van der Waals surface area contributed by atoms with Crippen LogP contribution in [-0.4, -0.2) is 35.3 Å². The number of carbonyl (C=O) groups is 1. The minimum atomic E-state index is -0.911. The molecule has 0 spiro atoms. The fourth-order valence-corrected chi connectivity index (χ4v) is 2.68. The second-order valence-electron chi connectivity index (χ2n) is 7.11. The summed E-state index contributed by atoms with van der Waals surface area (Å²) in [5, 5.41) is 9.42. The maximum absolute atomic E-state index is 11.5. The van der Waals surface area contributed by atoms with Crippen LogP contribution in [-0.2, 0) is 13.0 Å². The lowest BCUT2D eigenvalue weighted by Gasteiger charge is -2.33. The molecule has 0 aliphatic carbocycles. The standard InChI is InChI=1S/C21H27NO4/c1-21(2,3)22(20(23)24)13-12-16-10-11-18(25-4)19(14-16)26-15-17-8-6-5-7-9-17/h5-11,14H,12-13,15H2,1-4H3,(H,23,24). The van der Waals surface area contributed by atoms with Gasteiger partial charge in [-0.2, -0.15) is 0 Å². The van der Waals surface area contributed by atoms with E-state index in [9.17, 15) is 9.90 Å². The Morgan fingerprint density at radius 3 is 2.31 bits per heavy atom. The summed E-state index contributed by atoms with van der Waals surface area (Å²) in [5.74, 6) is 1.32. The number of rotatable bonds is 7. The highest BCUT2D eigenvalue weighted by molar-refractivity contribution is 5.66. The first-order valence-electron chi connectivity index (χ1n) is 8.65. The second-order valence-corrected chi connectivity index (χ2v) is 7.11. The third-order valence-electron chi connectivity index (χ3n) is 4.13. The van der Waals surface area contributed by atoms with Gasteiger partial charge in [-0.15, -0.1) is 0 Å². The van der Waals surface area contributed by atoms with Gasteiger partial charge in [0.25, 0.3) is 0 Å². The van der Waals surface area contributed by atoms with E-state index < -0.39 is 11.6 Å². The van der Waals surface area contributed by atoms with E-state index in [1.165, 1.54) is 4.90 Å². The number of ether oxygens (including phenoxy) is 2. The van der Waals surface area contributed by atoms with Gasteiger partial charge in [-0.25, -0.2) is 4.79 Å². The van der Waals surface area contributed by atoms with Gasteiger partial charge in [-0.1, -0.05) is 36.4 Å². The summed E-state index contributed by atoms with van der Waals surface area (Å²) >= 11 is 0. The number of nitrogens with zero attached hydrogens (tertiary/aromatic N) is 1. The lowest BCUT2D eigenvalue weighted by atomic mass is 10.0. The molecule has 0 aliphatic heterocycles. The van der Waals surface area contributed by atoms with E-state index in [0.29, 0.717) is 31.1 Å². The Bertz CT molecular complexity index is 723. The molecule has 1 amide bonds. The monoisotopic (exact) mass is 357 g/mol. The van der Waals surface area contributed by atoms with Gasteiger partial charge in [0.15, 0.2) is 11.5 Å². The molecule has 0 atom stereocenters. The predicted molar refractivity (Wildman–Crippen MR) is 102 cm³/mol. The molecule has 0 bridgehead atoms. The van der Waals surface area contributed by atoms with Crippen molar-refractivity contribution in [1.82, 2.24) is 4.90 Å². The van der Waals surface area contributed by atoms with Gasteiger partial charge in [0, 0.05) is 12.1 Å². The van der Waals surface area contributed by atoms with Crippen molar-refractivity contribution < 1.29 is 19.4 Å². The van der Waals surface area contributed by atoms with Crippen molar-refractivity contribution in [3.05, 3.63) is 59.7 Å². The fraction of sp³-hybridized carbons (Fsp3) is 0.381. The highest BCUT2D eigenvalue weighted by atomic mass is 16.5. The number of methoxy groups -OCH3 is 1. The van der Waals surface area contributed by atoms with E-state index in [-0.39, 0.29) is 0 Å². The van der Waals surface area contributed by atoms with Crippen LogP contribution in [0.1, 0.15) is 31.9 Å². The van der Waals surface area contributed by atoms with E-state index in [0.717, 1.165) is 11.1 Å². The van der Waals surface area contributed by atoms with Gasteiger partial charge in [0.05, 0.1) is 7.11 Å². The molecule has 26 heavy (non-hydrogen) atoms. The zero-order valence-electron chi connectivity index (χ0n) is 15.9. The molecule has 0 heterocycles. The highest BCUT2D eigenvalue weighted by Crippen LogP contribution is 2.29. The molecule has 0 saturated heterocycles. The van der Waals surface area contributed by atoms with Gasteiger partial charge in [-0.05, 0) is 50.5 Å². The van der Waals surface area contributed by atoms with E-state index >= 15 is 0 Å². The van der Waals surface area contributed by atoms with E-state index in [1.807, 2.05) is 69.3 Å². The molecule has 0 aromatic heterocycles. The largest absolute Gasteiger partial charge is 0.493 e. The zero-order valence-corrected chi connectivity index (χ0v) is 15.9. The first kappa shape index (κ1) is 19.6. The third-order valence-corrected chi connectivity index (χ3v) is 4.13. The Morgan fingerprint density at radius 2 is 1.73 bits per heavy atom. The Morgan fingerprint density at radius 1 is 1.04 bits per heavy atom. The maximum atomic E-state index is 11.5. The Hall–Kier alpha value is -2.69. The van der Waals surface area contributed by atoms with Crippen molar-refractivity contribution >= 4 is 6.09 Å². The molecule has 0 aliphatic rings. The van der Waals surface area contributed by atoms with Gasteiger partial charge >= 0.3 is 6.09 Å². The first-order chi connectivity index (χ1) is 12.3. The molecular weight excluding hydrogens is 330 g/mol. The van der Waals surface area contributed by atoms with E-state index in [4.69, 9.17) is 9.47 Å². The highest BCUT2D eigenvalue weighted by Gasteiger charge is 2.25. The Labute approximate surface area is 155 Å². The summed E-state index contributed by atoms with van der Waals surface area (Å²) in [7, 11) is 1.61. The number of carboxylic acid groups (broad SMARTS) is 1. The van der Waals surface area contributed by atoms with Gasteiger partial charge in [0.2, 0.25) is 0 Å². The summed E-state index contributed by atoms with van der Waals surface area (Å²) in [6, 6.07) is 15.6. The minimum Gasteiger partial charge on any atom is -0.493 e. The Balaban J connectivity index is 2.09. The zero-order chi connectivity index (χ0) is 19.2. The molecule has 5 nitrogen and oxygen atoms in total. The summed E-state index contributed by atoms with van der Waals surface area (Å²) in [4.78, 5) is 12.9. The average Bonchev–Trinajstić information content (AvgIpc) is 2.59. The summed E-state index contributed by atoms with van der Waals surface area (Å²) in [5.41, 5.74) is 1.64. The Kier molecular flexibility index (Phi) is 6.50. The molecule has 0 fully saturated rings. The fourth-order valence-electron chi connectivity index (χ4n) is 2.68. The van der Waals surface area contributed by atoms with Crippen molar-refractivity contribution in [2.75, 3.05) is 13.7 Å². The molecule has 0 unspecified atom stereocenters. The number of benzene rings is 2. The van der Waals surface area contributed by atoms with Gasteiger partial charge in [0.1, 0.15) is 6.61 Å². The molecule has 1 N–H and O–H groups in total. The topological polar surface area (TPSA) is 59.0 Å². The predicted octanol–water partition coefficient (Wildman–Crippen LogP) is 4.60. The number of amides is 1. The van der Waals surface area contributed by atoms with Crippen LogP contribution in [0.4, 0.5) is 4.79 Å². The quantitative estimate of drug-likeness (QED) is 0.787. The summed E-state index contributed by atoms with van der Waals surface area (Å²) in [6.45, 7) is 6.55. The van der Waals surface area contributed by atoms with Crippen molar-refractivity contribution in [1.29, 1.82) is 0 Å². The first-order valence-corrected chi connectivity index (χ1v) is 8.65. The molecule has 2 aromatic carbocycles. The summed E-state index contributed by atoms with van der Waals surface area (Å²) < 4.78 is 11.3. The van der Waals surface area contributed by atoms with Gasteiger partial charge in [-0.3, -0.25) is 0 Å².